The molecule has 15 heavy (non-hydrogen) atoms. The quantitative estimate of drug-likeness (QED) is 0.564. The lowest BCUT2D eigenvalue weighted by atomic mass is 10.0. The molecule has 0 spiro atoms. The van der Waals surface area contributed by atoms with Gasteiger partial charge in [-0.15, -0.1) is 0 Å². The molecule has 78 valence electrons. The lowest BCUT2D eigenvalue weighted by Gasteiger charge is -2.24. The Morgan fingerprint density at radius 2 is 2.13 bits per heavy atom. The van der Waals surface area contributed by atoms with Crippen LogP contribution >= 0.6 is 0 Å². The molecule has 0 unspecified atom stereocenters. The maximum atomic E-state index is 11.8. The molecule has 0 saturated heterocycles. The lowest BCUT2D eigenvalue weighted by Crippen LogP contribution is -2.22. The summed E-state index contributed by atoms with van der Waals surface area (Å²) >= 11 is 0. The van der Waals surface area contributed by atoms with Gasteiger partial charge in [-0.2, -0.15) is 0 Å². The number of hydrogen-bond acceptors (Lipinski definition) is 2. The van der Waals surface area contributed by atoms with Gasteiger partial charge in [0.05, 0.1) is 5.70 Å². The Bertz CT molecular complexity index is 404. The average Bonchev–Trinajstić information content (AvgIpc) is 2.69. The number of allylic oxidation sites excluding steroid dienone is 3. The van der Waals surface area contributed by atoms with Gasteiger partial charge in [0.25, 0.3) is 5.70 Å². The third kappa shape index (κ3) is 1.34. The summed E-state index contributed by atoms with van der Waals surface area (Å²) in [5.41, 5.74) is 3.50. The topological polar surface area (TPSA) is 23.3 Å². The van der Waals surface area contributed by atoms with Gasteiger partial charge in [0, 0.05) is 34.4 Å². The van der Waals surface area contributed by atoms with E-state index in [0.717, 1.165) is 31.5 Å². The van der Waals surface area contributed by atoms with Crippen LogP contribution in [0.3, 0.4) is 0 Å². The van der Waals surface area contributed by atoms with Gasteiger partial charge in [-0.1, -0.05) is 6.08 Å². The van der Waals surface area contributed by atoms with Crippen molar-refractivity contribution in [2.75, 3.05) is 13.1 Å². The number of rotatable bonds is 0. The standard InChI is InChI=1S/C12H15N2O/c15-14-9-7-10-4-3-8-13(10)11-5-1-2-6-12(11)14/h3-4,7H,1-2,5-6,8-9H2/q+1. The van der Waals surface area contributed by atoms with E-state index in [1.165, 1.54) is 22.6 Å². The molecule has 0 bridgehead atoms. The van der Waals surface area contributed by atoms with Crippen LogP contribution in [0.1, 0.15) is 25.7 Å². The largest absolute Gasteiger partial charge is 0.336 e. The van der Waals surface area contributed by atoms with E-state index >= 15 is 0 Å². The maximum Gasteiger partial charge on any atom is 0.252 e. The molecular weight excluding hydrogens is 188 g/mol. The third-order valence-corrected chi connectivity index (χ3v) is 3.39. The zero-order chi connectivity index (χ0) is 10.3. The summed E-state index contributed by atoms with van der Waals surface area (Å²) in [6.07, 6.45) is 10.7. The Morgan fingerprint density at radius 1 is 1.27 bits per heavy atom. The number of nitrogens with zero attached hydrogens (tertiary/aromatic N) is 2. The van der Waals surface area contributed by atoms with Gasteiger partial charge >= 0.3 is 0 Å². The van der Waals surface area contributed by atoms with E-state index in [4.69, 9.17) is 0 Å². The second kappa shape index (κ2) is 3.33. The van der Waals surface area contributed by atoms with Crippen LogP contribution < -0.4 is 0 Å². The summed E-state index contributed by atoms with van der Waals surface area (Å²) in [4.78, 5) is 14.1. The number of hydrogen-bond donors (Lipinski definition) is 0. The van der Waals surface area contributed by atoms with E-state index in [1.807, 2.05) is 6.08 Å². The van der Waals surface area contributed by atoms with E-state index < -0.39 is 0 Å². The fourth-order valence-corrected chi connectivity index (χ4v) is 2.64. The summed E-state index contributed by atoms with van der Waals surface area (Å²) in [6, 6.07) is 0. The van der Waals surface area contributed by atoms with Crippen LogP contribution in [-0.4, -0.2) is 22.7 Å². The highest BCUT2D eigenvalue weighted by Gasteiger charge is 2.33. The van der Waals surface area contributed by atoms with Crippen molar-refractivity contribution in [2.24, 2.45) is 0 Å². The van der Waals surface area contributed by atoms with Gasteiger partial charge in [-0.3, -0.25) is 0 Å². The summed E-state index contributed by atoms with van der Waals surface area (Å²) in [7, 11) is 0. The van der Waals surface area contributed by atoms with Gasteiger partial charge < -0.3 is 4.90 Å². The number of nitroso groups, excluding NO2 is 1. The highest BCUT2D eigenvalue weighted by molar-refractivity contribution is 5.32. The predicted octanol–water partition coefficient (Wildman–Crippen LogP) is 2.32. The molecule has 3 heteroatoms. The molecule has 0 saturated carbocycles. The number of fused-ring (bicyclic) bond motifs is 2. The molecule has 0 atom stereocenters. The maximum absolute atomic E-state index is 11.8. The average molecular weight is 203 g/mol. The Hall–Kier alpha value is -1.38. The van der Waals surface area contributed by atoms with Gasteiger partial charge in [-0.05, 0) is 25.3 Å². The lowest BCUT2D eigenvalue weighted by molar-refractivity contribution is -0.492. The smallest absolute Gasteiger partial charge is 0.252 e. The van der Waals surface area contributed by atoms with Crippen molar-refractivity contribution >= 4 is 0 Å². The zero-order valence-electron chi connectivity index (χ0n) is 8.78. The Balaban J connectivity index is 2.07. The van der Waals surface area contributed by atoms with Crippen LogP contribution in [0.2, 0.25) is 0 Å². The summed E-state index contributed by atoms with van der Waals surface area (Å²) in [5.74, 6) is 0. The van der Waals surface area contributed by atoms with Gasteiger partial charge in [0.15, 0.2) is 0 Å². The van der Waals surface area contributed by atoms with E-state index in [9.17, 15) is 4.91 Å². The zero-order valence-corrected chi connectivity index (χ0v) is 8.78. The Morgan fingerprint density at radius 3 is 3.07 bits per heavy atom. The molecule has 0 N–H and O–H groups in total. The normalized spacial score (nSPS) is 24.9. The highest BCUT2D eigenvalue weighted by Crippen LogP contribution is 2.33. The molecule has 0 aromatic rings. The molecule has 2 heterocycles. The first-order chi connectivity index (χ1) is 7.36. The monoisotopic (exact) mass is 203 g/mol. The van der Waals surface area contributed by atoms with E-state index in [-0.39, 0.29) is 0 Å². The van der Waals surface area contributed by atoms with Crippen LogP contribution in [0.4, 0.5) is 0 Å². The minimum atomic E-state index is 0.509. The molecule has 3 aliphatic rings. The molecule has 2 aliphatic heterocycles. The molecular formula is C12H15N2O+. The Kier molecular flexibility index (Phi) is 1.97. The summed E-state index contributed by atoms with van der Waals surface area (Å²) < 4.78 is 1.17. The second-order valence-electron chi connectivity index (χ2n) is 4.30. The van der Waals surface area contributed by atoms with Crippen molar-refractivity contribution in [2.45, 2.75) is 25.7 Å². The second-order valence-corrected chi connectivity index (χ2v) is 4.30. The fraction of sp³-hybridized carbons (Fsp3) is 0.500. The van der Waals surface area contributed by atoms with Crippen molar-refractivity contribution in [1.82, 2.24) is 4.90 Å². The summed E-state index contributed by atoms with van der Waals surface area (Å²) in [5, 5.41) is 0. The van der Waals surface area contributed by atoms with Gasteiger partial charge in [-0.25, -0.2) is 0 Å². The molecule has 3 rings (SSSR count). The van der Waals surface area contributed by atoms with Crippen LogP contribution in [0, 0.1) is 4.91 Å². The van der Waals surface area contributed by atoms with E-state index in [1.54, 1.807) is 0 Å². The Labute approximate surface area is 89.3 Å². The van der Waals surface area contributed by atoms with Crippen LogP contribution in [0.5, 0.6) is 0 Å². The van der Waals surface area contributed by atoms with Crippen LogP contribution in [0.25, 0.3) is 0 Å². The van der Waals surface area contributed by atoms with Gasteiger partial charge in [0.1, 0.15) is 0 Å². The first-order valence-corrected chi connectivity index (χ1v) is 5.67. The minimum absolute atomic E-state index is 0.509. The fourth-order valence-electron chi connectivity index (χ4n) is 2.64. The van der Waals surface area contributed by atoms with E-state index in [2.05, 4.69) is 17.1 Å². The van der Waals surface area contributed by atoms with E-state index in [0.29, 0.717) is 6.54 Å². The molecule has 3 nitrogen and oxygen atoms in total. The molecule has 0 aromatic carbocycles. The predicted molar refractivity (Wildman–Crippen MR) is 57.9 cm³/mol. The van der Waals surface area contributed by atoms with Crippen molar-refractivity contribution in [3.05, 3.63) is 40.2 Å². The minimum Gasteiger partial charge on any atom is -0.336 e. The molecule has 0 aromatic heterocycles. The van der Waals surface area contributed by atoms with Crippen molar-refractivity contribution in [3.63, 3.8) is 0 Å². The van der Waals surface area contributed by atoms with Crippen molar-refractivity contribution in [1.29, 1.82) is 0 Å². The molecule has 0 radical (unpaired) electrons. The van der Waals surface area contributed by atoms with Crippen LogP contribution in [-0.2, 0) is 0 Å². The van der Waals surface area contributed by atoms with Crippen LogP contribution in [0.15, 0.2) is 35.3 Å². The third-order valence-electron chi connectivity index (χ3n) is 3.39. The SMILES string of the molecule is O=[N+]1CC=C2C=CCN2C2=C1CCCC2. The highest BCUT2D eigenvalue weighted by atomic mass is 16.3. The summed E-state index contributed by atoms with van der Waals surface area (Å²) in [6.45, 7) is 1.45. The van der Waals surface area contributed by atoms with Crippen molar-refractivity contribution < 1.29 is 4.76 Å². The molecule has 0 fully saturated rings. The molecule has 1 aliphatic carbocycles. The first kappa shape index (κ1) is 8.89. The molecule has 0 amide bonds. The van der Waals surface area contributed by atoms with Gasteiger partial charge in [0.2, 0.25) is 6.54 Å². The first-order valence-electron chi connectivity index (χ1n) is 5.67. The van der Waals surface area contributed by atoms with Crippen molar-refractivity contribution in [3.8, 4) is 0 Å².